The minimum Gasteiger partial charge on any atom is -0.486 e. The Morgan fingerprint density at radius 2 is 1.80 bits per heavy atom. The third-order valence-corrected chi connectivity index (χ3v) is 8.33. The molecule has 0 bridgehead atoms. The van der Waals surface area contributed by atoms with Gasteiger partial charge in [-0.3, -0.25) is 9.10 Å². The Balaban J connectivity index is 1.98. The van der Waals surface area contributed by atoms with Crippen LogP contribution in [0.5, 0.6) is 5.75 Å². The number of sulfonamides is 2. The summed E-state index contributed by atoms with van der Waals surface area (Å²) in [6, 6.07) is 9.10. The molecule has 0 unspecified atom stereocenters. The van der Waals surface area contributed by atoms with Gasteiger partial charge in [-0.25, -0.2) is 25.9 Å². The van der Waals surface area contributed by atoms with Gasteiger partial charge >= 0.3 is 5.97 Å². The molecule has 192 valence electrons. The van der Waals surface area contributed by atoms with Gasteiger partial charge in [0, 0.05) is 6.42 Å². The van der Waals surface area contributed by atoms with E-state index in [0.717, 1.165) is 28.6 Å². The van der Waals surface area contributed by atoms with Crippen molar-refractivity contribution in [2.45, 2.75) is 50.2 Å². The van der Waals surface area contributed by atoms with E-state index in [-0.39, 0.29) is 41.5 Å². The van der Waals surface area contributed by atoms with Crippen LogP contribution in [-0.4, -0.2) is 53.9 Å². The Labute approximate surface area is 205 Å². The maximum Gasteiger partial charge on any atom is 0.310 e. The molecule has 1 atom stereocenters. The molecule has 0 aromatic heterocycles. The number of nitrogens with one attached hydrogen (secondary N) is 1. The fraction of sp³-hybridized carbons (Fsp3) is 0.435. The zero-order valence-corrected chi connectivity index (χ0v) is 21.6. The standard InChI is InChI=1S/C23H29FN2O7S2/c1-23(2,3)33-22(27)14-16-5-10-21-20(13-16)26(15-18(32-21)11-12-34(28,29)25-4)35(30,31)19-8-6-17(24)7-9-19/h5-10,13,18,25H,11-12,14-15H2,1-4H3/t18-/m0/s1. The largest absolute Gasteiger partial charge is 0.486 e. The number of benzene rings is 2. The second-order valence-electron chi connectivity index (χ2n) is 9.11. The van der Waals surface area contributed by atoms with Gasteiger partial charge in [0.15, 0.2) is 0 Å². The lowest BCUT2D eigenvalue weighted by atomic mass is 10.1. The lowest BCUT2D eigenvalue weighted by Gasteiger charge is -2.36. The Morgan fingerprint density at radius 3 is 2.40 bits per heavy atom. The van der Waals surface area contributed by atoms with Gasteiger partial charge in [0.25, 0.3) is 10.0 Å². The van der Waals surface area contributed by atoms with Crippen LogP contribution in [0.15, 0.2) is 47.4 Å². The third kappa shape index (κ3) is 6.92. The predicted molar refractivity (Wildman–Crippen MR) is 129 cm³/mol. The first-order valence-electron chi connectivity index (χ1n) is 10.9. The fourth-order valence-corrected chi connectivity index (χ4v) is 5.79. The Bertz CT molecular complexity index is 1290. The van der Waals surface area contributed by atoms with Gasteiger partial charge in [-0.05, 0) is 69.8 Å². The minimum atomic E-state index is -4.15. The van der Waals surface area contributed by atoms with Crippen molar-refractivity contribution in [1.82, 2.24) is 4.72 Å². The predicted octanol–water partition coefficient (Wildman–Crippen LogP) is 2.61. The number of nitrogens with zero attached hydrogens (tertiary/aromatic N) is 1. The number of hydrogen-bond donors (Lipinski definition) is 1. The highest BCUT2D eigenvalue weighted by Crippen LogP contribution is 2.38. The maximum absolute atomic E-state index is 13.5. The van der Waals surface area contributed by atoms with Crippen molar-refractivity contribution in [2.75, 3.05) is 23.7 Å². The molecule has 0 aliphatic carbocycles. The quantitative estimate of drug-likeness (QED) is 0.523. The average molecular weight is 529 g/mol. The van der Waals surface area contributed by atoms with Crippen LogP contribution < -0.4 is 13.8 Å². The van der Waals surface area contributed by atoms with Crippen molar-refractivity contribution in [2.24, 2.45) is 0 Å². The summed E-state index contributed by atoms with van der Waals surface area (Å²) in [6.45, 7) is 5.08. The Hall–Kier alpha value is -2.70. The molecule has 3 rings (SSSR count). The highest BCUT2D eigenvalue weighted by atomic mass is 32.2. The number of halogens is 1. The number of rotatable bonds is 8. The first kappa shape index (κ1) is 26.9. The summed E-state index contributed by atoms with van der Waals surface area (Å²) in [5.41, 5.74) is 0.0352. The Kier molecular flexibility index (Phi) is 7.77. The summed E-state index contributed by atoms with van der Waals surface area (Å²) in [5.74, 6) is -1.09. The van der Waals surface area contributed by atoms with Crippen LogP contribution in [0.25, 0.3) is 0 Å². The number of ether oxygens (including phenoxy) is 2. The Morgan fingerprint density at radius 1 is 1.14 bits per heavy atom. The van der Waals surface area contributed by atoms with E-state index < -0.39 is 43.5 Å². The molecule has 2 aromatic rings. The summed E-state index contributed by atoms with van der Waals surface area (Å²) in [7, 11) is -6.39. The lowest BCUT2D eigenvalue weighted by molar-refractivity contribution is -0.153. The molecule has 0 spiro atoms. The van der Waals surface area contributed by atoms with Crippen molar-refractivity contribution in [3.8, 4) is 5.75 Å². The molecule has 0 radical (unpaired) electrons. The molecule has 0 amide bonds. The van der Waals surface area contributed by atoms with E-state index in [1.807, 2.05) is 0 Å². The number of fused-ring (bicyclic) bond motifs is 1. The van der Waals surface area contributed by atoms with Crippen LogP contribution in [0, 0.1) is 5.82 Å². The zero-order valence-electron chi connectivity index (χ0n) is 19.9. The molecule has 1 aliphatic heterocycles. The SMILES string of the molecule is CNS(=O)(=O)CC[C@H]1CN(S(=O)(=O)c2ccc(F)cc2)c2cc(CC(=O)OC(C)(C)C)ccc2O1. The van der Waals surface area contributed by atoms with Crippen molar-refractivity contribution >= 4 is 31.7 Å². The maximum atomic E-state index is 13.5. The van der Waals surface area contributed by atoms with E-state index in [1.165, 1.54) is 13.1 Å². The molecule has 1 heterocycles. The number of anilines is 1. The van der Waals surface area contributed by atoms with E-state index >= 15 is 0 Å². The van der Waals surface area contributed by atoms with Gasteiger partial charge in [0.1, 0.15) is 23.3 Å². The summed E-state index contributed by atoms with van der Waals surface area (Å²) in [5, 5.41) is 0. The van der Waals surface area contributed by atoms with E-state index in [4.69, 9.17) is 9.47 Å². The van der Waals surface area contributed by atoms with Gasteiger partial charge in [-0.2, -0.15) is 0 Å². The molecule has 0 saturated heterocycles. The molecule has 9 nitrogen and oxygen atoms in total. The lowest BCUT2D eigenvalue weighted by Crippen LogP contribution is -2.44. The number of carbonyl (C=O) groups is 1. The third-order valence-electron chi connectivity index (χ3n) is 5.14. The van der Waals surface area contributed by atoms with Crippen molar-refractivity contribution in [1.29, 1.82) is 0 Å². The smallest absolute Gasteiger partial charge is 0.310 e. The summed E-state index contributed by atoms with van der Waals surface area (Å²) in [4.78, 5) is 12.2. The van der Waals surface area contributed by atoms with E-state index in [9.17, 15) is 26.0 Å². The van der Waals surface area contributed by atoms with Gasteiger partial charge in [0.05, 0.1) is 29.3 Å². The molecule has 2 aromatic carbocycles. The van der Waals surface area contributed by atoms with E-state index in [1.54, 1.807) is 32.9 Å². The van der Waals surface area contributed by atoms with Gasteiger partial charge in [-0.1, -0.05) is 6.07 Å². The average Bonchev–Trinajstić information content (AvgIpc) is 2.76. The van der Waals surface area contributed by atoms with E-state index in [0.29, 0.717) is 5.56 Å². The van der Waals surface area contributed by atoms with E-state index in [2.05, 4.69) is 4.72 Å². The molecule has 0 fully saturated rings. The molecule has 0 saturated carbocycles. The highest BCUT2D eigenvalue weighted by Gasteiger charge is 2.35. The van der Waals surface area contributed by atoms with Crippen LogP contribution in [-0.2, 0) is 36.0 Å². The fourth-order valence-electron chi connectivity index (χ4n) is 3.51. The minimum absolute atomic E-state index is 0.0394. The van der Waals surface area contributed by atoms with Crippen LogP contribution >= 0.6 is 0 Å². The van der Waals surface area contributed by atoms with Crippen LogP contribution in [0.1, 0.15) is 32.8 Å². The molecular weight excluding hydrogens is 499 g/mol. The van der Waals surface area contributed by atoms with Crippen LogP contribution in [0.3, 0.4) is 0 Å². The van der Waals surface area contributed by atoms with Crippen LogP contribution in [0.4, 0.5) is 10.1 Å². The topological polar surface area (TPSA) is 119 Å². The zero-order chi connectivity index (χ0) is 26.0. The number of esters is 1. The van der Waals surface area contributed by atoms with Crippen molar-refractivity contribution in [3.63, 3.8) is 0 Å². The van der Waals surface area contributed by atoms with Gasteiger partial charge in [-0.15, -0.1) is 0 Å². The molecular formula is C23H29FN2O7S2. The summed E-state index contributed by atoms with van der Waals surface area (Å²) in [6.07, 6.45) is -0.797. The molecule has 1 N–H and O–H groups in total. The number of hydrogen-bond acceptors (Lipinski definition) is 7. The molecule has 12 heteroatoms. The molecule has 1 aliphatic rings. The first-order chi connectivity index (χ1) is 16.2. The van der Waals surface area contributed by atoms with Crippen LogP contribution in [0.2, 0.25) is 0 Å². The second-order valence-corrected chi connectivity index (χ2v) is 13.0. The summed E-state index contributed by atoms with van der Waals surface area (Å²) < 4.78 is 78.8. The van der Waals surface area contributed by atoms with Gasteiger partial charge < -0.3 is 9.47 Å². The highest BCUT2D eigenvalue weighted by molar-refractivity contribution is 7.92. The number of carbonyl (C=O) groups excluding carboxylic acids is 1. The molecule has 35 heavy (non-hydrogen) atoms. The van der Waals surface area contributed by atoms with Gasteiger partial charge in [0.2, 0.25) is 10.0 Å². The monoisotopic (exact) mass is 528 g/mol. The second kappa shape index (κ2) is 10.1. The van der Waals surface area contributed by atoms with Crippen molar-refractivity contribution < 1.29 is 35.5 Å². The normalized spacial score (nSPS) is 16.4. The summed E-state index contributed by atoms with van der Waals surface area (Å²) >= 11 is 0. The van der Waals surface area contributed by atoms with Crippen molar-refractivity contribution in [3.05, 3.63) is 53.8 Å². The first-order valence-corrected chi connectivity index (χ1v) is 14.0.